The zero-order valence-electron chi connectivity index (χ0n) is 33.0. The molecule has 0 aromatic rings. The number of allylic oxidation sites excluding steroid dienone is 1. The van der Waals surface area contributed by atoms with E-state index in [-0.39, 0.29) is 12.0 Å². The van der Waals surface area contributed by atoms with Crippen LogP contribution in [0.25, 0.3) is 0 Å². The summed E-state index contributed by atoms with van der Waals surface area (Å²) in [7, 11) is 0. The quantitative estimate of drug-likeness (QED) is 0.0483. The molecule has 0 aromatic heterocycles. The molecule has 9 atom stereocenters. The van der Waals surface area contributed by atoms with E-state index in [9.17, 15) is 0 Å². The highest BCUT2D eigenvalue weighted by Crippen LogP contribution is 2.67. The van der Waals surface area contributed by atoms with Crippen molar-refractivity contribution in [2.45, 2.75) is 176 Å². The van der Waals surface area contributed by atoms with Crippen LogP contribution >= 0.6 is 0 Å². The molecule has 0 spiro atoms. The largest absolute Gasteiger partial charge is 0.379 e. The Kier molecular flexibility index (Phi) is 16.8. The molecule has 0 radical (unpaired) electrons. The molecule has 3 fully saturated rings. The molecule has 0 heterocycles. The first-order valence-electron chi connectivity index (χ1n) is 21.1. The van der Waals surface area contributed by atoms with Crippen LogP contribution in [0.15, 0.2) is 16.6 Å². The maximum absolute atomic E-state index is 6.50. The van der Waals surface area contributed by atoms with E-state index in [1.165, 1.54) is 96.3 Å². The third-order valence-electron chi connectivity index (χ3n) is 13.9. The molecule has 0 bridgehead atoms. The summed E-state index contributed by atoms with van der Waals surface area (Å²) in [5.41, 5.74) is 14.0. The molecule has 49 heavy (non-hydrogen) atoms. The maximum atomic E-state index is 6.50. The van der Waals surface area contributed by atoms with Gasteiger partial charge in [-0.1, -0.05) is 105 Å². The minimum absolute atomic E-state index is 0.101. The Labute approximate surface area is 302 Å². The van der Waals surface area contributed by atoms with Crippen LogP contribution < -0.4 is 11.5 Å². The molecule has 4 aliphatic rings. The van der Waals surface area contributed by atoms with Crippen molar-refractivity contribution < 1.29 is 14.2 Å². The van der Waals surface area contributed by atoms with Crippen molar-refractivity contribution in [2.24, 2.45) is 62.8 Å². The van der Waals surface area contributed by atoms with Crippen LogP contribution in [0.1, 0.15) is 164 Å². The molecule has 6 nitrogen and oxygen atoms in total. The number of rotatable bonds is 23. The van der Waals surface area contributed by atoms with Crippen LogP contribution in [0.5, 0.6) is 0 Å². The Bertz CT molecular complexity index is 1010. The standard InChI is InChI=1S/C43H79N3O3/c1-7-8-9-10-11-12-26-47-30-35(46-41(44)45)31-48-27-13-14-28-49-36-22-24-42(5)34(29-36)18-19-37-39-21-20-38(33(4)17-15-16-32(2)3)43(39,6)25-23-40(37)42/h18,32-33,35-40H,7-17,19-31H2,1-6H3,(H4,44,45,46)/t33-,35+,36?,37+,38-,39+,40+,42+,43-/m1/s1. The first-order valence-corrected chi connectivity index (χ1v) is 21.1. The van der Waals surface area contributed by atoms with Crippen LogP contribution in [-0.4, -0.2) is 51.1 Å². The van der Waals surface area contributed by atoms with Gasteiger partial charge in [0.05, 0.1) is 19.3 Å². The Hall–Kier alpha value is -1.11. The lowest BCUT2D eigenvalue weighted by molar-refractivity contribution is -0.0643. The lowest BCUT2D eigenvalue weighted by atomic mass is 9.47. The van der Waals surface area contributed by atoms with E-state index in [1.807, 2.05) is 0 Å². The molecular weight excluding hydrogens is 606 g/mol. The van der Waals surface area contributed by atoms with Gasteiger partial charge < -0.3 is 25.7 Å². The molecule has 4 N–H and O–H groups in total. The third kappa shape index (κ3) is 11.4. The number of ether oxygens (including phenoxy) is 3. The van der Waals surface area contributed by atoms with Crippen molar-refractivity contribution in [3.05, 3.63) is 11.6 Å². The second-order valence-electron chi connectivity index (χ2n) is 17.9. The van der Waals surface area contributed by atoms with Gasteiger partial charge in [-0.3, -0.25) is 0 Å². The van der Waals surface area contributed by atoms with Crippen molar-refractivity contribution in [1.82, 2.24) is 0 Å². The van der Waals surface area contributed by atoms with Gasteiger partial charge in [0.2, 0.25) is 0 Å². The fraction of sp³-hybridized carbons (Fsp3) is 0.930. The minimum Gasteiger partial charge on any atom is -0.379 e. The average molecular weight is 686 g/mol. The molecule has 284 valence electrons. The summed E-state index contributed by atoms with van der Waals surface area (Å²) in [5, 5.41) is 0. The molecule has 1 unspecified atom stereocenters. The topological polar surface area (TPSA) is 92.1 Å². The zero-order chi connectivity index (χ0) is 35.3. The molecule has 0 aliphatic heterocycles. The maximum Gasteiger partial charge on any atom is 0.186 e. The van der Waals surface area contributed by atoms with Crippen LogP contribution in [0.2, 0.25) is 0 Å². The van der Waals surface area contributed by atoms with E-state index in [2.05, 4.69) is 52.6 Å². The first kappa shape index (κ1) is 40.7. The number of guanidine groups is 1. The van der Waals surface area contributed by atoms with Gasteiger partial charge in [0, 0.05) is 19.8 Å². The number of nitrogens with zero attached hydrogens (tertiary/aromatic N) is 1. The molecule has 4 aliphatic carbocycles. The van der Waals surface area contributed by atoms with Gasteiger partial charge >= 0.3 is 0 Å². The van der Waals surface area contributed by atoms with Gasteiger partial charge in [-0.15, -0.1) is 0 Å². The van der Waals surface area contributed by atoms with E-state index < -0.39 is 0 Å². The van der Waals surface area contributed by atoms with Gasteiger partial charge in [0.15, 0.2) is 5.96 Å². The van der Waals surface area contributed by atoms with Gasteiger partial charge in [0.25, 0.3) is 0 Å². The molecule has 0 aromatic carbocycles. The summed E-state index contributed by atoms with van der Waals surface area (Å²) in [5.74, 6) is 5.47. The predicted molar refractivity (Wildman–Crippen MR) is 207 cm³/mol. The van der Waals surface area contributed by atoms with E-state index in [4.69, 9.17) is 25.7 Å². The van der Waals surface area contributed by atoms with Crippen molar-refractivity contribution in [3.8, 4) is 0 Å². The van der Waals surface area contributed by atoms with Gasteiger partial charge in [-0.2, -0.15) is 0 Å². The number of fused-ring (bicyclic) bond motifs is 5. The van der Waals surface area contributed by atoms with Crippen LogP contribution in [-0.2, 0) is 14.2 Å². The Morgan fingerprint density at radius 1 is 0.816 bits per heavy atom. The molecule has 0 saturated heterocycles. The van der Waals surface area contributed by atoms with E-state index >= 15 is 0 Å². The fourth-order valence-electron chi connectivity index (χ4n) is 11.1. The van der Waals surface area contributed by atoms with Gasteiger partial charge in [-0.25, -0.2) is 4.99 Å². The molecular formula is C43H79N3O3. The highest BCUT2D eigenvalue weighted by molar-refractivity contribution is 5.75. The van der Waals surface area contributed by atoms with Crippen LogP contribution in [0.3, 0.4) is 0 Å². The Balaban J connectivity index is 1.13. The van der Waals surface area contributed by atoms with Crippen molar-refractivity contribution in [3.63, 3.8) is 0 Å². The van der Waals surface area contributed by atoms with Crippen LogP contribution in [0.4, 0.5) is 0 Å². The zero-order valence-corrected chi connectivity index (χ0v) is 33.0. The minimum atomic E-state index is -0.141. The van der Waals surface area contributed by atoms with Crippen molar-refractivity contribution >= 4 is 5.96 Å². The number of hydrogen-bond acceptors (Lipinski definition) is 4. The lowest BCUT2D eigenvalue weighted by Crippen LogP contribution is -2.51. The number of unbranched alkanes of at least 4 members (excludes halogenated alkanes) is 6. The third-order valence-corrected chi connectivity index (χ3v) is 13.9. The second kappa shape index (κ2) is 20.2. The molecule has 0 amide bonds. The SMILES string of the molecule is CCCCCCCCOC[C@@H](COCCCCOC1CC[C@@]2(C)C(=CC[C@H]3[C@@H]4CC[C@H]([C@H](C)CCCC(C)C)[C@@]4(C)CC[C@@H]32)C1)N=C(N)N. The van der Waals surface area contributed by atoms with E-state index in [1.54, 1.807) is 5.57 Å². The average Bonchev–Trinajstić information content (AvgIpc) is 3.42. The highest BCUT2D eigenvalue weighted by Gasteiger charge is 2.59. The summed E-state index contributed by atoms with van der Waals surface area (Å²) in [4.78, 5) is 4.33. The summed E-state index contributed by atoms with van der Waals surface area (Å²) in [6, 6.07) is -0.141. The van der Waals surface area contributed by atoms with Crippen molar-refractivity contribution in [2.75, 3.05) is 33.0 Å². The van der Waals surface area contributed by atoms with E-state index in [0.29, 0.717) is 36.8 Å². The van der Waals surface area contributed by atoms with Crippen molar-refractivity contribution in [1.29, 1.82) is 0 Å². The summed E-state index contributed by atoms with van der Waals surface area (Å²) < 4.78 is 18.3. The lowest BCUT2D eigenvalue weighted by Gasteiger charge is -2.58. The highest BCUT2D eigenvalue weighted by atomic mass is 16.5. The normalized spacial score (nSPS) is 32.2. The second-order valence-corrected chi connectivity index (χ2v) is 17.9. The Morgan fingerprint density at radius 2 is 1.51 bits per heavy atom. The summed E-state index contributed by atoms with van der Waals surface area (Å²) in [6.07, 6.45) is 27.7. The fourth-order valence-corrected chi connectivity index (χ4v) is 11.1. The number of nitrogens with two attached hydrogens (primary N) is 2. The Morgan fingerprint density at radius 3 is 2.22 bits per heavy atom. The summed E-state index contributed by atoms with van der Waals surface area (Å²) >= 11 is 0. The molecule has 6 heteroatoms. The predicted octanol–water partition coefficient (Wildman–Crippen LogP) is 10.2. The van der Waals surface area contributed by atoms with Gasteiger partial charge in [0.1, 0.15) is 6.04 Å². The van der Waals surface area contributed by atoms with E-state index in [0.717, 1.165) is 74.4 Å². The number of hydrogen-bond donors (Lipinski definition) is 2. The molecule has 3 saturated carbocycles. The van der Waals surface area contributed by atoms with Crippen LogP contribution in [0, 0.1) is 46.3 Å². The monoisotopic (exact) mass is 686 g/mol. The summed E-state index contributed by atoms with van der Waals surface area (Å²) in [6.45, 7) is 18.2. The first-order chi connectivity index (χ1) is 23.6. The van der Waals surface area contributed by atoms with Gasteiger partial charge in [-0.05, 0) is 117 Å². The number of aliphatic imine (C=N–C) groups is 1. The molecule has 4 rings (SSSR count). The smallest absolute Gasteiger partial charge is 0.186 e.